The average molecular weight is 218 g/mol. The number of anilines is 2. The molecule has 1 atom stereocenters. The van der Waals surface area contributed by atoms with E-state index < -0.39 is 0 Å². The van der Waals surface area contributed by atoms with Crippen molar-refractivity contribution in [3.63, 3.8) is 0 Å². The third-order valence-corrected chi connectivity index (χ3v) is 3.13. The fraction of sp³-hybridized carbons (Fsp3) is 0.500. The van der Waals surface area contributed by atoms with Gasteiger partial charge in [-0.15, -0.1) is 0 Å². The molecule has 4 N–H and O–H groups in total. The summed E-state index contributed by atoms with van der Waals surface area (Å²) < 4.78 is 0. The molecule has 6 heteroatoms. The normalized spacial score (nSPS) is 22.2. The van der Waals surface area contributed by atoms with Crippen LogP contribution in [-0.2, 0) is 0 Å². The van der Waals surface area contributed by atoms with E-state index >= 15 is 0 Å². The third-order valence-electron chi connectivity index (χ3n) is 3.13. The van der Waals surface area contributed by atoms with Crippen molar-refractivity contribution in [1.29, 1.82) is 0 Å². The maximum Gasteiger partial charge on any atom is 0.224 e. The van der Waals surface area contributed by atoms with Gasteiger partial charge in [0.2, 0.25) is 5.95 Å². The lowest BCUT2D eigenvalue weighted by Crippen LogP contribution is -2.11. The van der Waals surface area contributed by atoms with Gasteiger partial charge in [-0.1, -0.05) is 13.8 Å². The van der Waals surface area contributed by atoms with Crippen molar-refractivity contribution in [3.05, 3.63) is 6.33 Å². The van der Waals surface area contributed by atoms with Crippen molar-refractivity contribution in [2.45, 2.75) is 26.3 Å². The Balaban J connectivity index is 1.99. The molecule has 1 unspecified atom stereocenters. The van der Waals surface area contributed by atoms with E-state index in [1.54, 1.807) is 6.33 Å². The molecule has 1 saturated carbocycles. The van der Waals surface area contributed by atoms with Crippen LogP contribution in [0.5, 0.6) is 0 Å². The van der Waals surface area contributed by atoms with E-state index in [4.69, 9.17) is 5.73 Å². The number of nitrogens with two attached hydrogens (primary N) is 1. The largest absolute Gasteiger partial charge is 0.368 e. The van der Waals surface area contributed by atoms with E-state index in [0.717, 1.165) is 17.8 Å². The minimum Gasteiger partial charge on any atom is -0.368 e. The van der Waals surface area contributed by atoms with Gasteiger partial charge in [0.15, 0.2) is 11.5 Å². The number of fused-ring (bicyclic) bond motifs is 1. The molecule has 0 amide bonds. The van der Waals surface area contributed by atoms with Crippen LogP contribution in [0.3, 0.4) is 0 Å². The number of hydrogen-bond donors (Lipinski definition) is 3. The van der Waals surface area contributed by atoms with Gasteiger partial charge in [-0.05, 0) is 11.8 Å². The second-order valence-electron chi connectivity index (χ2n) is 4.92. The smallest absolute Gasteiger partial charge is 0.224 e. The van der Waals surface area contributed by atoms with Crippen molar-refractivity contribution >= 4 is 22.9 Å². The number of nitrogen functional groups attached to an aromatic ring is 1. The minimum absolute atomic E-state index is 0.251. The Morgan fingerprint density at radius 1 is 1.50 bits per heavy atom. The average Bonchev–Trinajstić information content (AvgIpc) is 2.63. The lowest BCUT2D eigenvalue weighted by molar-refractivity contribution is 0.630. The molecule has 0 aliphatic heterocycles. The molecule has 3 rings (SSSR count). The molecule has 0 saturated heterocycles. The molecule has 2 aromatic rings. The zero-order chi connectivity index (χ0) is 11.3. The van der Waals surface area contributed by atoms with Crippen molar-refractivity contribution in [2.24, 2.45) is 5.41 Å². The Bertz CT molecular complexity index is 543. The monoisotopic (exact) mass is 218 g/mol. The zero-order valence-corrected chi connectivity index (χ0v) is 9.28. The Morgan fingerprint density at radius 3 is 2.94 bits per heavy atom. The Labute approximate surface area is 92.7 Å². The maximum absolute atomic E-state index is 5.63. The van der Waals surface area contributed by atoms with Crippen molar-refractivity contribution in [3.8, 4) is 0 Å². The van der Waals surface area contributed by atoms with Gasteiger partial charge in [-0.3, -0.25) is 0 Å². The molecular formula is C10H14N6. The number of nitrogens with one attached hydrogen (secondary N) is 2. The highest BCUT2D eigenvalue weighted by Gasteiger charge is 2.46. The summed E-state index contributed by atoms with van der Waals surface area (Å²) in [7, 11) is 0. The van der Waals surface area contributed by atoms with Crippen LogP contribution in [0, 0.1) is 5.41 Å². The van der Waals surface area contributed by atoms with Crippen LogP contribution < -0.4 is 11.1 Å². The second kappa shape index (κ2) is 2.84. The summed E-state index contributed by atoms with van der Waals surface area (Å²) in [4.78, 5) is 15.3. The third kappa shape index (κ3) is 1.37. The highest BCUT2D eigenvalue weighted by atomic mass is 15.2. The molecule has 16 heavy (non-hydrogen) atoms. The molecule has 1 aliphatic carbocycles. The molecule has 84 valence electrons. The summed E-state index contributed by atoms with van der Waals surface area (Å²) >= 11 is 0. The van der Waals surface area contributed by atoms with Gasteiger partial charge >= 0.3 is 0 Å². The van der Waals surface area contributed by atoms with Crippen LogP contribution in [0.1, 0.15) is 20.3 Å². The topological polar surface area (TPSA) is 92.5 Å². The standard InChI is InChI=1S/C10H14N6/c1-10(2)3-5(10)14-8-6-7(13-4-12-6)15-9(11)16-8/h4-5H,3H2,1-2H3,(H4,11,12,13,14,15,16). The maximum atomic E-state index is 5.63. The van der Waals surface area contributed by atoms with E-state index in [-0.39, 0.29) is 5.95 Å². The van der Waals surface area contributed by atoms with Crippen molar-refractivity contribution in [2.75, 3.05) is 11.1 Å². The van der Waals surface area contributed by atoms with Gasteiger partial charge in [-0.2, -0.15) is 9.97 Å². The summed E-state index contributed by atoms with van der Waals surface area (Å²) in [6.45, 7) is 4.44. The SMILES string of the molecule is CC1(C)CC1Nc1nc(N)nc2nc[nH]c12. The van der Waals surface area contributed by atoms with Crippen LogP contribution in [0.15, 0.2) is 6.33 Å². The van der Waals surface area contributed by atoms with Crippen molar-refractivity contribution < 1.29 is 0 Å². The highest BCUT2D eigenvalue weighted by Crippen LogP contribution is 2.46. The number of aromatic amines is 1. The minimum atomic E-state index is 0.251. The summed E-state index contributed by atoms with van der Waals surface area (Å²) in [5, 5.41) is 3.37. The fourth-order valence-corrected chi connectivity index (χ4v) is 1.83. The molecule has 0 radical (unpaired) electrons. The van der Waals surface area contributed by atoms with Crippen LogP contribution in [0.25, 0.3) is 11.2 Å². The van der Waals surface area contributed by atoms with Gasteiger partial charge in [0, 0.05) is 6.04 Å². The number of imidazole rings is 1. The first-order valence-corrected chi connectivity index (χ1v) is 5.29. The first-order chi connectivity index (χ1) is 7.56. The number of aromatic nitrogens is 4. The van der Waals surface area contributed by atoms with Gasteiger partial charge in [0.1, 0.15) is 5.52 Å². The van der Waals surface area contributed by atoms with E-state index in [1.165, 1.54) is 0 Å². The first kappa shape index (κ1) is 9.38. The lowest BCUT2D eigenvalue weighted by Gasteiger charge is -2.08. The predicted molar refractivity (Wildman–Crippen MR) is 61.9 cm³/mol. The molecule has 1 aliphatic rings. The lowest BCUT2D eigenvalue weighted by atomic mass is 10.2. The van der Waals surface area contributed by atoms with Crippen LogP contribution in [-0.4, -0.2) is 26.0 Å². The van der Waals surface area contributed by atoms with Crippen LogP contribution >= 0.6 is 0 Å². The number of rotatable bonds is 2. The summed E-state index contributed by atoms with van der Waals surface area (Å²) in [6.07, 6.45) is 2.74. The molecule has 0 aromatic carbocycles. The van der Waals surface area contributed by atoms with Gasteiger partial charge in [0.05, 0.1) is 6.33 Å². The van der Waals surface area contributed by atoms with E-state index in [1.807, 2.05) is 0 Å². The number of hydrogen-bond acceptors (Lipinski definition) is 5. The molecule has 2 heterocycles. The second-order valence-corrected chi connectivity index (χ2v) is 4.92. The summed E-state index contributed by atoms with van der Waals surface area (Å²) in [5.41, 5.74) is 7.39. The molecule has 2 aromatic heterocycles. The Hall–Kier alpha value is -1.85. The van der Waals surface area contributed by atoms with Crippen molar-refractivity contribution in [1.82, 2.24) is 19.9 Å². The van der Waals surface area contributed by atoms with E-state index in [9.17, 15) is 0 Å². The van der Waals surface area contributed by atoms with Crippen LogP contribution in [0.2, 0.25) is 0 Å². The van der Waals surface area contributed by atoms with Gasteiger partial charge in [0.25, 0.3) is 0 Å². The Morgan fingerprint density at radius 2 is 2.25 bits per heavy atom. The number of nitrogens with zero attached hydrogens (tertiary/aromatic N) is 3. The predicted octanol–water partition coefficient (Wildman–Crippen LogP) is 1.15. The fourth-order valence-electron chi connectivity index (χ4n) is 1.83. The Kier molecular flexibility index (Phi) is 1.66. The molecule has 6 nitrogen and oxygen atoms in total. The first-order valence-electron chi connectivity index (χ1n) is 5.29. The highest BCUT2D eigenvalue weighted by molar-refractivity contribution is 5.83. The quantitative estimate of drug-likeness (QED) is 0.703. The molecule has 1 fully saturated rings. The van der Waals surface area contributed by atoms with E-state index in [2.05, 4.69) is 39.1 Å². The number of H-pyrrole nitrogens is 1. The zero-order valence-electron chi connectivity index (χ0n) is 9.28. The van der Waals surface area contributed by atoms with E-state index in [0.29, 0.717) is 17.1 Å². The molecule has 0 spiro atoms. The molecule has 0 bridgehead atoms. The summed E-state index contributed by atoms with van der Waals surface area (Å²) in [5.74, 6) is 0.996. The van der Waals surface area contributed by atoms with Crippen LogP contribution in [0.4, 0.5) is 11.8 Å². The van der Waals surface area contributed by atoms with Gasteiger partial charge < -0.3 is 16.0 Å². The molecular weight excluding hydrogens is 204 g/mol. The summed E-state index contributed by atoms with van der Waals surface area (Å²) in [6, 6.07) is 0.452. The van der Waals surface area contributed by atoms with Gasteiger partial charge in [-0.25, -0.2) is 4.98 Å².